The predicted octanol–water partition coefficient (Wildman–Crippen LogP) is 2.78. The van der Waals surface area contributed by atoms with Crippen LogP contribution in [0.2, 0.25) is 0 Å². The minimum absolute atomic E-state index is 0.122. The zero-order valence-corrected chi connectivity index (χ0v) is 11.0. The molecule has 2 rings (SSSR count). The minimum atomic E-state index is -0.804. The fourth-order valence-corrected chi connectivity index (χ4v) is 2.13. The largest absolute Gasteiger partial charge is 0.381 e. The molecule has 0 saturated carbocycles. The number of rotatable bonds is 3. The van der Waals surface area contributed by atoms with E-state index in [2.05, 4.69) is 10.3 Å². The number of anilines is 2. The third-order valence-electron chi connectivity index (χ3n) is 2.52. The molecule has 6 heteroatoms. The number of para-hydroxylation sites is 1. The summed E-state index contributed by atoms with van der Waals surface area (Å²) < 4.78 is 13.7. The number of nitrogen functional groups attached to an aromatic ring is 1. The molecule has 2 aromatic rings. The van der Waals surface area contributed by atoms with Gasteiger partial charge < -0.3 is 11.1 Å². The van der Waals surface area contributed by atoms with Gasteiger partial charge in [0.2, 0.25) is 0 Å². The zero-order chi connectivity index (χ0) is 13.8. The van der Waals surface area contributed by atoms with E-state index in [-0.39, 0.29) is 11.4 Å². The number of thioether (sulfide) groups is 1. The van der Waals surface area contributed by atoms with Crippen molar-refractivity contribution in [2.24, 2.45) is 0 Å². The molecule has 1 amide bonds. The first-order valence-electron chi connectivity index (χ1n) is 5.48. The number of carbonyl (C=O) groups is 1. The lowest BCUT2D eigenvalue weighted by Crippen LogP contribution is -2.15. The Labute approximate surface area is 114 Å². The lowest BCUT2D eigenvalue weighted by atomic mass is 10.2. The van der Waals surface area contributed by atoms with Gasteiger partial charge in [-0.2, -0.15) is 0 Å². The molecule has 1 aromatic heterocycles. The third kappa shape index (κ3) is 2.85. The fourth-order valence-electron chi connectivity index (χ4n) is 1.57. The summed E-state index contributed by atoms with van der Waals surface area (Å²) in [6.45, 7) is 0. The molecule has 98 valence electrons. The summed E-state index contributed by atoms with van der Waals surface area (Å²) in [5.74, 6) is -1.64. The number of nitrogens with zero attached hydrogens (tertiary/aromatic N) is 1. The Morgan fingerprint density at radius 3 is 2.84 bits per heavy atom. The van der Waals surface area contributed by atoms with E-state index >= 15 is 0 Å². The maximum absolute atomic E-state index is 13.7. The first-order valence-corrected chi connectivity index (χ1v) is 6.70. The van der Waals surface area contributed by atoms with Gasteiger partial charge in [-0.25, -0.2) is 9.37 Å². The molecule has 0 fully saturated rings. The van der Waals surface area contributed by atoms with Crippen LogP contribution in [-0.4, -0.2) is 17.1 Å². The number of benzene rings is 1. The number of pyridine rings is 1. The quantitative estimate of drug-likeness (QED) is 0.846. The highest BCUT2D eigenvalue weighted by atomic mass is 32.2. The summed E-state index contributed by atoms with van der Waals surface area (Å²) in [6.07, 6.45) is 3.20. The van der Waals surface area contributed by atoms with Crippen molar-refractivity contribution in [3.05, 3.63) is 47.9 Å². The number of hydrogen-bond donors (Lipinski definition) is 2. The van der Waals surface area contributed by atoms with E-state index in [1.807, 2.05) is 18.4 Å². The summed E-state index contributed by atoms with van der Waals surface area (Å²) in [6, 6.07) is 8.59. The van der Waals surface area contributed by atoms with Crippen molar-refractivity contribution in [2.75, 3.05) is 17.3 Å². The summed E-state index contributed by atoms with van der Waals surface area (Å²) in [7, 11) is 0. The first-order chi connectivity index (χ1) is 9.13. The van der Waals surface area contributed by atoms with Crippen LogP contribution in [0.1, 0.15) is 10.4 Å². The highest BCUT2D eigenvalue weighted by Crippen LogP contribution is 2.25. The average Bonchev–Trinajstić information content (AvgIpc) is 2.42. The summed E-state index contributed by atoms with van der Waals surface area (Å²) in [5, 5.41) is 2.66. The first kappa shape index (κ1) is 13.4. The average molecular weight is 277 g/mol. The molecule has 0 atom stereocenters. The standard InChI is InChI=1S/C13H12FN3OS/c1-19-10-5-3-2-4-9(10)17-13(18)8-6-7-16-12(15)11(8)14/h2-7H,1H3,(H2,15,16)(H,17,18). The SMILES string of the molecule is CSc1ccccc1NC(=O)c1ccnc(N)c1F. The Morgan fingerprint density at radius 1 is 1.37 bits per heavy atom. The van der Waals surface area contributed by atoms with Crippen LogP contribution < -0.4 is 11.1 Å². The maximum atomic E-state index is 13.7. The van der Waals surface area contributed by atoms with Gasteiger partial charge in [0.05, 0.1) is 11.3 Å². The third-order valence-corrected chi connectivity index (χ3v) is 3.31. The molecule has 0 spiro atoms. The molecule has 0 aliphatic carbocycles. The Kier molecular flexibility index (Phi) is 4.01. The van der Waals surface area contributed by atoms with Gasteiger partial charge in [0.25, 0.3) is 5.91 Å². The molecule has 1 heterocycles. The number of halogens is 1. The summed E-state index contributed by atoms with van der Waals surface area (Å²) >= 11 is 1.49. The van der Waals surface area contributed by atoms with Crippen molar-refractivity contribution in [1.29, 1.82) is 0 Å². The maximum Gasteiger partial charge on any atom is 0.258 e. The van der Waals surface area contributed by atoms with E-state index < -0.39 is 11.7 Å². The second-order valence-corrected chi connectivity index (χ2v) is 4.56. The minimum Gasteiger partial charge on any atom is -0.381 e. The van der Waals surface area contributed by atoms with E-state index in [4.69, 9.17) is 5.73 Å². The molecular weight excluding hydrogens is 265 g/mol. The smallest absolute Gasteiger partial charge is 0.258 e. The molecule has 19 heavy (non-hydrogen) atoms. The van der Waals surface area contributed by atoms with Crippen LogP contribution in [-0.2, 0) is 0 Å². The Hall–Kier alpha value is -2.08. The molecule has 1 aromatic carbocycles. The zero-order valence-electron chi connectivity index (χ0n) is 10.2. The normalized spacial score (nSPS) is 10.2. The van der Waals surface area contributed by atoms with Gasteiger partial charge >= 0.3 is 0 Å². The van der Waals surface area contributed by atoms with Gasteiger partial charge in [-0.1, -0.05) is 12.1 Å². The number of nitrogens with two attached hydrogens (primary N) is 1. The van der Waals surface area contributed by atoms with Crippen LogP contribution in [0.3, 0.4) is 0 Å². The second kappa shape index (κ2) is 5.71. The van der Waals surface area contributed by atoms with E-state index in [1.54, 1.807) is 12.1 Å². The predicted molar refractivity (Wildman–Crippen MR) is 74.8 cm³/mol. The molecule has 0 radical (unpaired) electrons. The Bertz CT molecular complexity index is 619. The van der Waals surface area contributed by atoms with Crippen molar-refractivity contribution in [2.45, 2.75) is 4.90 Å². The number of aromatic nitrogens is 1. The molecular formula is C13H12FN3OS. The van der Waals surface area contributed by atoms with Gasteiger partial charge in [0.15, 0.2) is 11.6 Å². The number of hydrogen-bond acceptors (Lipinski definition) is 4. The lowest BCUT2D eigenvalue weighted by molar-refractivity contribution is 0.102. The van der Waals surface area contributed by atoms with Crippen molar-refractivity contribution < 1.29 is 9.18 Å². The Morgan fingerprint density at radius 2 is 2.11 bits per heavy atom. The van der Waals surface area contributed by atoms with Crippen LogP contribution in [0.4, 0.5) is 15.9 Å². The van der Waals surface area contributed by atoms with Gasteiger partial charge in [-0.15, -0.1) is 11.8 Å². The molecule has 4 nitrogen and oxygen atoms in total. The monoisotopic (exact) mass is 277 g/mol. The molecule has 0 bridgehead atoms. The number of carbonyl (C=O) groups excluding carboxylic acids is 1. The molecule has 3 N–H and O–H groups in total. The number of nitrogens with one attached hydrogen (secondary N) is 1. The van der Waals surface area contributed by atoms with E-state index in [1.165, 1.54) is 24.0 Å². The van der Waals surface area contributed by atoms with Crippen LogP contribution in [0.25, 0.3) is 0 Å². The van der Waals surface area contributed by atoms with Gasteiger partial charge in [0, 0.05) is 11.1 Å². The van der Waals surface area contributed by atoms with Crippen LogP contribution in [0.15, 0.2) is 41.4 Å². The van der Waals surface area contributed by atoms with Gasteiger partial charge in [-0.05, 0) is 24.5 Å². The molecule has 0 saturated heterocycles. The van der Waals surface area contributed by atoms with Crippen LogP contribution >= 0.6 is 11.8 Å². The molecule has 0 unspecified atom stereocenters. The summed E-state index contributed by atoms with van der Waals surface area (Å²) in [4.78, 5) is 16.5. The van der Waals surface area contributed by atoms with Gasteiger partial charge in [-0.3, -0.25) is 4.79 Å². The van der Waals surface area contributed by atoms with Crippen molar-refractivity contribution >= 4 is 29.2 Å². The fraction of sp³-hybridized carbons (Fsp3) is 0.0769. The van der Waals surface area contributed by atoms with E-state index in [9.17, 15) is 9.18 Å². The van der Waals surface area contributed by atoms with Gasteiger partial charge in [0.1, 0.15) is 0 Å². The van der Waals surface area contributed by atoms with Crippen molar-refractivity contribution in [3.63, 3.8) is 0 Å². The highest BCUT2D eigenvalue weighted by molar-refractivity contribution is 7.98. The van der Waals surface area contributed by atoms with E-state index in [0.717, 1.165) is 4.90 Å². The van der Waals surface area contributed by atoms with Crippen molar-refractivity contribution in [3.8, 4) is 0 Å². The van der Waals surface area contributed by atoms with Crippen LogP contribution in [0.5, 0.6) is 0 Å². The second-order valence-electron chi connectivity index (χ2n) is 3.71. The highest BCUT2D eigenvalue weighted by Gasteiger charge is 2.15. The molecule has 0 aliphatic heterocycles. The lowest BCUT2D eigenvalue weighted by Gasteiger charge is -2.10. The molecule has 0 aliphatic rings. The van der Waals surface area contributed by atoms with Crippen molar-refractivity contribution in [1.82, 2.24) is 4.98 Å². The Balaban J connectivity index is 2.28. The van der Waals surface area contributed by atoms with Crippen LogP contribution in [0, 0.1) is 5.82 Å². The number of amides is 1. The van der Waals surface area contributed by atoms with E-state index in [0.29, 0.717) is 5.69 Å². The topological polar surface area (TPSA) is 68.0 Å². The summed E-state index contributed by atoms with van der Waals surface area (Å²) in [5.41, 5.74) is 5.85.